The Bertz CT molecular complexity index is 615. The molecule has 2 heterocycles. The molecule has 1 N–H and O–H groups in total. The van der Waals surface area contributed by atoms with Crippen LogP contribution in [0.1, 0.15) is 31.3 Å². The van der Waals surface area contributed by atoms with Crippen molar-refractivity contribution in [3.05, 3.63) is 5.69 Å². The van der Waals surface area contributed by atoms with E-state index in [9.17, 15) is 14.7 Å². The number of hydroxylamine groups is 2. The Kier molecular flexibility index (Phi) is 5.29. The minimum atomic E-state index is -0.929. The van der Waals surface area contributed by atoms with Crippen LogP contribution in [0.15, 0.2) is 0 Å². The van der Waals surface area contributed by atoms with Crippen LogP contribution in [-0.4, -0.2) is 75.7 Å². The average molecular weight is 357 g/mol. The second-order valence-electron chi connectivity index (χ2n) is 6.73. The molecule has 10 heteroatoms. The molecule has 134 valence electrons. The summed E-state index contributed by atoms with van der Waals surface area (Å²) in [6.07, 6.45) is -0.929. The van der Waals surface area contributed by atoms with E-state index in [-0.39, 0.29) is 23.1 Å². The molecule has 9 nitrogen and oxygen atoms in total. The van der Waals surface area contributed by atoms with Crippen LogP contribution in [0, 0.1) is 5.41 Å². The summed E-state index contributed by atoms with van der Waals surface area (Å²) in [6.45, 7) is 7.27. The minimum Gasteiger partial charge on any atom is -0.465 e. The van der Waals surface area contributed by atoms with Crippen LogP contribution in [0.25, 0.3) is 0 Å². The molecular formula is C14H23N5O4S. The normalized spacial score (nSPS) is 18.6. The first kappa shape index (κ1) is 18.4. The van der Waals surface area contributed by atoms with Gasteiger partial charge in [-0.1, -0.05) is 20.8 Å². The van der Waals surface area contributed by atoms with Gasteiger partial charge in [0.15, 0.2) is 11.5 Å². The fourth-order valence-electron chi connectivity index (χ4n) is 2.70. The number of nitrogens with zero attached hydrogens (tertiary/aromatic N) is 5. The Balaban J connectivity index is 2.27. The standard InChI is InChI=1S/C14H23N5O4S/c1-14(2,3)9-8-18(6-7-19(9)13(21)22)11-10(15-24-16-11)12(20)17(4)23-5/h9H,6-8H2,1-5H3,(H,21,22). The molecule has 1 fully saturated rings. The van der Waals surface area contributed by atoms with Gasteiger partial charge < -0.3 is 14.9 Å². The first-order valence-electron chi connectivity index (χ1n) is 7.56. The highest BCUT2D eigenvalue weighted by Crippen LogP contribution is 2.31. The van der Waals surface area contributed by atoms with Crippen molar-refractivity contribution in [1.29, 1.82) is 0 Å². The van der Waals surface area contributed by atoms with Crippen molar-refractivity contribution in [2.75, 3.05) is 38.7 Å². The van der Waals surface area contributed by atoms with Crippen molar-refractivity contribution in [3.63, 3.8) is 0 Å². The molecule has 0 aromatic carbocycles. The highest BCUT2D eigenvalue weighted by Gasteiger charge is 2.39. The predicted octanol–water partition coefficient (Wildman–Crippen LogP) is 1.39. The third-order valence-corrected chi connectivity index (χ3v) is 4.68. The highest BCUT2D eigenvalue weighted by atomic mass is 32.1. The van der Waals surface area contributed by atoms with Crippen molar-refractivity contribution >= 4 is 29.5 Å². The molecule has 1 aliphatic rings. The molecule has 2 rings (SSSR count). The number of hydrogen-bond acceptors (Lipinski definition) is 7. The third-order valence-electron chi connectivity index (χ3n) is 4.16. The molecule has 0 bridgehead atoms. The zero-order chi connectivity index (χ0) is 18.1. The number of anilines is 1. The molecule has 0 radical (unpaired) electrons. The second kappa shape index (κ2) is 6.89. The van der Waals surface area contributed by atoms with Crippen molar-refractivity contribution in [2.45, 2.75) is 26.8 Å². The summed E-state index contributed by atoms with van der Waals surface area (Å²) in [4.78, 5) is 32.1. The van der Waals surface area contributed by atoms with Crippen LogP contribution in [0.4, 0.5) is 10.6 Å². The van der Waals surface area contributed by atoms with Crippen LogP contribution in [0.3, 0.4) is 0 Å². The van der Waals surface area contributed by atoms with Crippen molar-refractivity contribution in [2.24, 2.45) is 5.41 Å². The molecule has 0 aliphatic carbocycles. The number of rotatable bonds is 3. The number of aromatic nitrogens is 2. The molecule has 1 saturated heterocycles. The SMILES string of the molecule is CON(C)C(=O)c1nsnc1N1CCN(C(=O)O)C(C(C)(C)C)C1. The summed E-state index contributed by atoms with van der Waals surface area (Å²) in [5.74, 6) is 0.0995. The summed E-state index contributed by atoms with van der Waals surface area (Å²) in [5, 5.41) is 10.5. The molecular weight excluding hydrogens is 334 g/mol. The molecule has 0 spiro atoms. The quantitative estimate of drug-likeness (QED) is 0.816. The third kappa shape index (κ3) is 3.59. The number of piperazine rings is 1. The summed E-state index contributed by atoms with van der Waals surface area (Å²) in [6, 6.07) is -0.214. The number of carbonyl (C=O) groups is 2. The van der Waals surface area contributed by atoms with E-state index in [2.05, 4.69) is 8.75 Å². The Morgan fingerprint density at radius 2 is 2.00 bits per heavy atom. The minimum absolute atomic E-state index is 0.214. The Hall–Kier alpha value is -1.94. The Morgan fingerprint density at radius 3 is 2.54 bits per heavy atom. The van der Waals surface area contributed by atoms with Crippen molar-refractivity contribution in [3.8, 4) is 0 Å². The molecule has 1 aromatic rings. The monoisotopic (exact) mass is 357 g/mol. The van der Waals surface area contributed by atoms with E-state index in [1.807, 2.05) is 25.7 Å². The summed E-state index contributed by atoms with van der Waals surface area (Å²) >= 11 is 0.957. The average Bonchev–Trinajstić information content (AvgIpc) is 3.01. The highest BCUT2D eigenvalue weighted by molar-refractivity contribution is 6.99. The molecule has 24 heavy (non-hydrogen) atoms. The zero-order valence-corrected chi connectivity index (χ0v) is 15.3. The number of carboxylic acid groups (broad SMARTS) is 1. The van der Waals surface area contributed by atoms with Gasteiger partial charge in [0.2, 0.25) is 0 Å². The maximum Gasteiger partial charge on any atom is 0.407 e. The van der Waals surface area contributed by atoms with Crippen LogP contribution in [0.5, 0.6) is 0 Å². The lowest BCUT2D eigenvalue weighted by Crippen LogP contribution is -2.59. The summed E-state index contributed by atoms with van der Waals surface area (Å²) in [7, 11) is 2.91. The van der Waals surface area contributed by atoms with Crippen LogP contribution >= 0.6 is 11.7 Å². The van der Waals surface area contributed by atoms with Crippen LogP contribution in [-0.2, 0) is 4.84 Å². The maximum absolute atomic E-state index is 12.3. The predicted molar refractivity (Wildman–Crippen MR) is 89.2 cm³/mol. The largest absolute Gasteiger partial charge is 0.465 e. The van der Waals surface area contributed by atoms with Gasteiger partial charge >= 0.3 is 12.0 Å². The van der Waals surface area contributed by atoms with Gasteiger partial charge in [0.05, 0.1) is 24.9 Å². The van der Waals surface area contributed by atoms with E-state index < -0.39 is 6.09 Å². The lowest BCUT2D eigenvalue weighted by Gasteiger charge is -2.46. The van der Waals surface area contributed by atoms with E-state index in [4.69, 9.17) is 4.84 Å². The summed E-state index contributed by atoms with van der Waals surface area (Å²) < 4.78 is 8.34. The van der Waals surface area contributed by atoms with Gasteiger partial charge in [-0.15, -0.1) is 0 Å². The molecule has 1 unspecified atom stereocenters. The first-order chi connectivity index (χ1) is 11.2. The Labute approximate surface area is 145 Å². The zero-order valence-electron chi connectivity index (χ0n) is 14.5. The first-order valence-corrected chi connectivity index (χ1v) is 8.29. The van der Waals surface area contributed by atoms with Gasteiger partial charge in [0, 0.05) is 26.7 Å². The van der Waals surface area contributed by atoms with E-state index in [1.54, 1.807) is 0 Å². The summed E-state index contributed by atoms with van der Waals surface area (Å²) in [5.41, 5.74) is -0.0191. The fraction of sp³-hybridized carbons (Fsp3) is 0.714. The number of amides is 2. The smallest absolute Gasteiger partial charge is 0.407 e. The molecule has 1 aliphatic heterocycles. The van der Waals surface area contributed by atoms with Gasteiger partial charge in [-0.25, -0.2) is 9.86 Å². The maximum atomic E-state index is 12.3. The van der Waals surface area contributed by atoms with Crippen molar-refractivity contribution in [1.82, 2.24) is 18.7 Å². The lowest BCUT2D eigenvalue weighted by molar-refractivity contribution is -0.0759. The second-order valence-corrected chi connectivity index (χ2v) is 7.25. The van der Waals surface area contributed by atoms with Gasteiger partial charge in [-0.3, -0.25) is 9.63 Å². The van der Waals surface area contributed by atoms with E-state index >= 15 is 0 Å². The Morgan fingerprint density at radius 1 is 1.33 bits per heavy atom. The van der Waals surface area contributed by atoms with Gasteiger partial charge in [0.1, 0.15) is 0 Å². The van der Waals surface area contributed by atoms with E-state index in [0.717, 1.165) is 16.8 Å². The van der Waals surface area contributed by atoms with Crippen molar-refractivity contribution < 1.29 is 19.5 Å². The van der Waals surface area contributed by atoms with E-state index in [0.29, 0.717) is 25.5 Å². The fourth-order valence-corrected chi connectivity index (χ4v) is 3.27. The topological polar surface area (TPSA) is 99.1 Å². The molecule has 1 atom stereocenters. The van der Waals surface area contributed by atoms with Gasteiger partial charge in [-0.2, -0.15) is 8.75 Å². The van der Waals surface area contributed by atoms with Crippen LogP contribution in [0.2, 0.25) is 0 Å². The van der Waals surface area contributed by atoms with E-state index in [1.165, 1.54) is 19.1 Å². The van der Waals surface area contributed by atoms with Crippen LogP contribution < -0.4 is 4.90 Å². The van der Waals surface area contributed by atoms with Gasteiger partial charge in [-0.05, 0) is 5.41 Å². The number of hydrogen-bond donors (Lipinski definition) is 1. The molecule has 0 saturated carbocycles. The lowest BCUT2D eigenvalue weighted by atomic mass is 9.84. The molecule has 2 amide bonds. The van der Waals surface area contributed by atoms with Gasteiger partial charge in [0.25, 0.3) is 0 Å². The molecule has 1 aromatic heterocycles. The number of carbonyl (C=O) groups excluding carboxylic acids is 1.